The highest BCUT2D eigenvalue weighted by molar-refractivity contribution is 6.10. The first-order chi connectivity index (χ1) is 9.58. The molecule has 2 aliphatic rings. The van der Waals surface area contributed by atoms with E-state index in [2.05, 4.69) is 0 Å². The molecule has 1 aliphatic heterocycles. The topological polar surface area (TPSA) is 54.5 Å². The number of fused-ring (bicyclic) bond motifs is 1. The van der Waals surface area contributed by atoms with Crippen LogP contribution in [0.2, 0.25) is 0 Å². The van der Waals surface area contributed by atoms with Crippen molar-refractivity contribution in [1.82, 2.24) is 4.90 Å². The molecule has 0 spiro atoms. The van der Waals surface area contributed by atoms with Crippen molar-refractivity contribution in [2.24, 2.45) is 11.8 Å². The van der Waals surface area contributed by atoms with Crippen molar-refractivity contribution in [3.05, 3.63) is 35.6 Å². The SMILES string of the molecule is O=C(CN1C(=O)C2CCCC2C1=O)c1ccc(F)cc1. The molecule has 3 rings (SSSR count). The number of carbonyl (C=O) groups is 3. The molecule has 0 bridgehead atoms. The summed E-state index contributed by atoms with van der Waals surface area (Å²) in [6, 6.07) is 5.11. The van der Waals surface area contributed by atoms with Gasteiger partial charge in [-0.05, 0) is 37.1 Å². The van der Waals surface area contributed by atoms with Crippen molar-refractivity contribution in [1.29, 1.82) is 0 Å². The van der Waals surface area contributed by atoms with E-state index >= 15 is 0 Å². The maximum atomic E-state index is 12.8. The normalized spacial score (nSPS) is 25.1. The Morgan fingerprint density at radius 1 is 1.10 bits per heavy atom. The molecule has 1 heterocycles. The first kappa shape index (κ1) is 13.0. The predicted molar refractivity (Wildman–Crippen MR) is 68.3 cm³/mol. The van der Waals surface area contributed by atoms with Gasteiger partial charge in [0.2, 0.25) is 11.8 Å². The van der Waals surface area contributed by atoms with Crippen LogP contribution < -0.4 is 0 Å². The zero-order valence-corrected chi connectivity index (χ0v) is 10.8. The summed E-state index contributed by atoms with van der Waals surface area (Å²) < 4.78 is 12.8. The number of Topliss-reactive ketones (excluding diaryl/α,β-unsaturated/α-hetero) is 1. The number of nitrogens with zero attached hydrogens (tertiary/aromatic N) is 1. The Labute approximate surface area is 115 Å². The third-order valence-electron chi connectivity index (χ3n) is 4.15. The Morgan fingerprint density at radius 2 is 1.65 bits per heavy atom. The molecule has 1 aromatic rings. The molecular weight excluding hydrogens is 261 g/mol. The number of halogens is 1. The lowest BCUT2D eigenvalue weighted by atomic mass is 10.00. The summed E-state index contributed by atoms with van der Waals surface area (Å²) in [5.41, 5.74) is 0.309. The van der Waals surface area contributed by atoms with Crippen molar-refractivity contribution in [3.8, 4) is 0 Å². The van der Waals surface area contributed by atoms with Crippen LogP contribution in [-0.4, -0.2) is 29.0 Å². The fraction of sp³-hybridized carbons (Fsp3) is 0.400. The quantitative estimate of drug-likeness (QED) is 0.624. The van der Waals surface area contributed by atoms with Gasteiger partial charge < -0.3 is 0 Å². The molecule has 5 heteroatoms. The molecule has 1 aliphatic carbocycles. The lowest BCUT2D eigenvalue weighted by Crippen LogP contribution is -2.36. The molecule has 1 aromatic carbocycles. The zero-order chi connectivity index (χ0) is 14.3. The molecule has 0 aromatic heterocycles. The van der Waals surface area contributed by atoms with Gasteiger partial charge in [0.25, 0.3) is 0 Å². The third kappa shape index (κ3) is 2.03. The van der Waals surface area contributed by atoms with E-state index in [9.17, 15) is 18.8 Å². The average Bonchev–Trinajstić information content (AvgIpc) is 2.99. The lowest BCUT2D eigenvalue weighted by molar-refractivity contribution is -0.139. The Morgan fingerprint density at radius 3 is 2.20 bits per heavy atom. The summed E-state index contributed by atoms with van der Waals surface area (Å²) in [6.07, 6.45) is 2.36. The fourth-order valence-corrected chi connectivity index (χ4v) is 3.09. The van der Waals surface area contributed by atoms with Crippen LogP contribution in [0.4, 0.5) is 4.39 Å². The number of rotatable bonds is 3. The summed E-state index contributed by atoms with van der Waals surface area (Å²) in [4.78, 5) is 37.3. The van der Waals surface area contributed by atoms with E-state index in [1.165, 1.54) is 24.3 Å². The van der Waals surface area contributed by atoms with Crippen molar-refractivity contribution in [3.63, 3.8) is 0 Å². The lowest BCUT2D eigenvalue weighted by Gasteiger charge is -2.14. The largest absolute Gasteiger partial charge is 0.292 e. The number of amides is 2. The van der Waals surface area contributed by atoms with Crippen molar-refractivity contribution in [2.75, 3.05) is 6.54 Å². The van der Waals surface area contributed by atoms with Crippen LogP contribution in [0.15, 0.2) is 24.3 Å². The van der Waals surface area contributed by atoms with Crippen LogP contribution in [0.25, 0.3) is 0 Å². The molecule has 4 nitrogen and oxygen atoms in total. The molecule has 2 fully saturated rings. The Bertz CT molecular complexity index is 559. The van der Waals surface area contributed by atoms with Gasteiger partial charge in [-0.2, -0.15) is 0 Å². The van der Waals surface area contributed by atoms with Gasteiger partial charge in [0.15, 0.2) is 5.78 Å². The Hall–Kier alpha value is -2.04. The summed E-state index contributed by atoms with van der Waals surface area (Å²) in [5.74, 6) is -1.69. The van der Waals surface area contributed by atoms with Crippen molar-refractivity contribution < 1.29 is 18.8 Å². The summed E-state index contributed by atoms with van der Waals surface area (Å²) >= 11 is 0. The minimum absolute atomic E-state index is 0.229. The van der Waals surface area contributed by atoms with Crippen LogP contribution in [0.3, 0.4) is 0 Å². The first-order valence-electron chi connectivity index (χ1n) is 6.72. The number of imide groups is 1. The summed E-state index contributed by atoms with van der Waals surface area (Å²) in [6.45, 7) is -0.240. The average molecular weight is 275 g/mol. The first-order valence-corrected chi connectivity index (χ1v) is 6.72. The number of carbonyl (C=O) groups excluding carboxylic acids is 3. The van der Waals surface area contributed by atoms with E-state index in [1.54, 1.807) is 0 Å². The van der Waals surface area contributed by atoms with Gasteiger partial charge in [-0.25, -0.2) is 4.39 Å². The molecule has 20 heavy (non-hydrogen) atoms. The number of benzene rings is 1. The van der Waals surface area contributed by atoms with Crippen LogP contribution in [0, 0.1) is 17.7 Å². The molecule has 1 saturated carbocycles. The highest BCUT2D eigenvalue weighted by Gasteiger charge is 2.49. The van der Waals surface area contributed by atoms with Gasteiger partial charge in [-0.15, -0.1) is 0 Å². The maximum Gasteiger partial charge on any atom is 0.233 e. The number of hydrogen-bond donors (Lipinski definition) is 0. The molecule has 0 radical (unpaired) electrons. The van der Waals surface area contributed by atoms with E-state index in [0.29, 0.717) is 5.56 Å². The van der Waals surface area contributed by atoms with Gasteiger partial charge in [0, 0.05) is 5.56 Å². The van der Waals surface area contributed by atoms with Crippen LogP contribution in [0.1, 0.15) is 29.6 Å². The van der Waals surface area contributed by atoms with E-state index in [4.69, 9.17) is 0 Å². The Balaban J connectivity index is 1.75. The molecular formula is C15H14FNO3. The van der Waals surface area contributed by atoms with Crippen LogP contribution in [0.5, 0.6) is 0 Å². The third-order valence-corrected chi connectivity index (χ3v) is 4.15. The molecule has 2 unspecified atom stereocenters. The number of ketones is 1. The second-order valence-corrected chi connectivity index (χ2v) is 5.34. The number of hydrogen-bond acceptors (Lipinski definition) is 3. The molecule has 2 amide bonds. The van der Waals surface area contributed by atoms with Gasteiger partial charge >= 0.3 is 0 Å². The highest BCUT2D eigenvalue weighted by Crippen LogP contribution is 2.39. The van der Waals surface area contributed by atoms with E-state index in [-0.39, 0.29) is 36.0 Å². The fourth-order valence-electron chi connectivity index (χ4n) is 3.09. The van der Waals surface area contributed by atoms with E-state index in [0.717, 1.165) is 24.2 Å². The molecule has 0 N–H and O–H groups in total. The summed E-state index contributed by atoms with van der Waals surface area (Å²) in [7, 11) is 0. The summed E-state index contributed by atoms with van der Waals surface area (Å²) in [5, 5.41) is 0. The standard InChI is InChI=1S/C15H14FNO3/c16-10-6-4-9(5-7-10)13(18)8-17-14(19)11-2-1-3-12(11)15(17)20/h4-7,11-12H,1-3,8H2. The van der Waals surface area contributed by atoms with E-state index < -0.39 is 5.82 Å². The minimum Gasteiger partial charge on any atom is -0.292 e. The zero-order valence-electron chi connectivity index (χ0n) is 10.8. The van der Waals surface area contributed by atoms with Crippen molar-refractivity contribution in [2.45, 2.75) is 19.3 Å². The van der Waals surface area contributed by atoms with Crippen LogP contribution >= 0.6 is 0 Å². The van der Waals surface area contributed by atoms with Gasteiger partial charge in [-0.3, -0.25) is 19.3 Å². The second-order valence-electron chi connectivity index (χ2n) is 5.34. The predicted octanol–water partition coefficient (Wildman–Crippen LogP) is 1.79. The molecule has 104 valence electrons. The maximum absolute atomic E-state index is 12.8. The monoisotopic (exact) mass is 275 g/mol. The smallest absolute Gasteiger partial charge is 0.233 e. The molecule has 1 saturated heterocycles. The second kappa shape index (κ2) is 4.81. The van der Waals surface area contributed by atoms with Gasteiger partial charge in [0.1, 0.15) is 5.82 Å². The highest BCUT2D eigenvalue weighted by atomic mass is 19.1. The number of likely N-dealkylation sites (tertiary alicyclic amines) is 1. The van der Waals surface area contributed by atoms with Crippen molar-refractivity contribution >= 4 is 17.6 Å². The minimum atomic E-state index is -0.426. The molecule has 2 atom stereocenters. The van der Waals surface area contributed by atoms with Crippen LogP contribution in [-0.2, 0) is 9.59 Å². The van der Waals surface area contributed by atoms with E-state index in [1.807, 2.05) is 0 Å². The van der Waals surface area contributed by atoms with Gasteiger partial charge in [0.05, 0.1) is 18.4 Å². The van der Waals surface area contributed by atoms with Gasteiger partial charge in [-0.1, -0.05) is 6.42 Å². The Kier molecular flexibility index (Phi) is 3.12.